The summed E-state index contributed by atoms with van der Waals surface area (Å²) in [5.74, 6) is -0.277. The number of benzene rings is 3. The molecule has 0 fully saturated rings. The molecule has 0 saturated carbocycles. The molecule has 5 aromatic rings. The lowest BCUT2D eigenvalue weighted by molar-refractivity contribution is -0.121. The molecule has 35 heavy (non-hydrogen) atoms. The first-order valence-corrected chi connectivity index (χ1v) is 12.0. The summed E-state index contributed by atoms with van der Waals surface area (Å²) in [6, 6.07) is 24.8. The summed E-state index contributed by atoms with van der Waals surface area (Å²) in [4.78, 5) is 25.8. The van der Waals surface area contributed by atoms with Crippen LogP contribution < -0.4 is 10.9 Å². The molecule has 6 nitrogen and oxygen atoms in total. The number of carbonyl (C=O) groups is 1. The van der Waals surface area contributed by atoms with E-state index in [9.17, 15) is 9.59 Å². The Morgan fingerprint density at radius 1 is 0.943 bits per heavy atom. The number of hydrogen-bond donors (Lipinski definition) is 1. The Morgan fingerprint density at radius 2 is 1.60 bits per heavy atom. The number of pyridine rings is 1. The predicted octanol–water partition coefficient (Wildman–Crippen LogP) is 5.48. The number of aryl methyl sites for hydroxylation is 1. The Hall–Kier alpha value is -3.97. The van der Waals surface area contributed by atoms with Gasteiger partial charge in [0.05, 0.1) is 17.2 Å². The lowest BCUT2D eigenvalue weighted by atomic mass is 10.1. The highest BCUT2D eigenvalue weighted by Gasteiger charge is 2.13. The first kappa shape index (κ1) is 22.8. The van der Waals surface area contributed by atoms with E-state index in [1.807, 2.05) is 79.1 Å². The summed E-state index contributed by atoms with van der Waals surface area (Å²) in [6.45, 7) is 4.10. The standard InChI is InChI=1S/C28H23BrN4O2/c1-18-14-20(19(2)33(18)22-9-7-8-21(29)15-22)16-30-31-27(34)17-32-25-12-5-3-10-23(25)28(35)24-11-4-6-13-26(24)32/h3-16H,17H2,1-2H3,(H,31,34)/b30-16-. The number of rotatable bonds is 5. The quantitative estimate of drug-likeness (QED) is 0.187. The Balaban J connectivity index is 1.41. The fourth-order valence-corrected chi connectivity index (χ4v) is 4.92. The van der Waals surface area contributed by atoms with E-state index in [2.05, 4.69) is 37.1 Å². The Morgan fingerprint density at radius 3 is 2.26 bits per heavy atom. The van der Waals surface area contributed by atoms with Gasteiger partial charge in [0.25, 0.3) is 5.91 Å². The van der Waals surface area contributed by atoms with Crippen molar-refractivity contribution >= 4 is 49.9 Å². The number of aromatic nitrogens is 2. The van der Waals surface area contributed by atoms with E-state index < -0.39 is 0 Å². The maximum absolute atomic E-state index is 12.9. The highest BCUT2D eigenvalue weighted by molar-refractivity contribution is 9.10. The summed E-state index contributed by atoms with van der Waals surface area (Å²) >= 11 is 3.53. The van der Waals surface area contributed by atoms with Gasteiger partial charge in [0.1, 0.15) is 6.54 Å². The number of carbonyl (C=O) groups excluding carboxylic acids is 1. The van der Waals surface area contributed by atoms with Gasteiger partial charge >= 0.3 is 0 Å². The van der Waals surface area contributed by atoms with Crippen molar-refractivity contribution in [3.8, 4) is 5.69 Å². The average molecular weight is 527 g/mol. The molecule has 1 amide bonds. The van der Waals surface area contributed by atoms with Gasteiger partial charge in [0.15, 0.2) is 5.43 Å². The summed E-state index contributed by atoms with van der Waals surface area (Å²) < 4.78 is 5.01. The molecule has 2 heterocycles. The second kappa shape index (κ2) is 9.35. The molecule has 1 N–H and O–H groups in total. The van der Waals surface area contributed by atoms with Gasteiger partial charge in [-0.3, -0.25) is 9.59 Å². The zero-order valence-electron chi connectivity index (χ0n) is 19.3. The molecule has 0 aliphatic heterocycles. The number of nitrogens with one attached hydrogen (secondary N) is 1. The molecule has 0 spiro atoms. The van der Waals surface area contributed by atoms with Crippen molar-refractivity contribution in [2.24, 2.45) is 5.10 Å². The Kier molecular flexibility index (Phi) is 6.09. The van der Waals surface area contributed by atoms with Gasteiger partial charge in [-0.05, 0) is 62.4 Å². The van der Waals surface area contributed by atoms with Gasteiger partial charge in [0, 0.05) is 37.9 Å². The molecule has 3 aromatic carbocycles. The summed E-state index contributed by atoms with van der Waals surface area (Å²) in [7, 11) is 0. The lowest BCUT2D eigenvalue weighted by Gasteiger charge is -2.14. The number of hydrazone groups is 1. The summed E-state index contributed by atoms with van der Waals surface area (Å²) in [5.41, 5.74) is 8.10. The smallest absolute Gasteiger partial charge is 0.260 e. The highest BCUT2D eigenvalue weighted by Crippen LogP contribution is 2.22. The highest BCUT2D eigenvalue weighted by atomic mass is 79.9. The van der Waals surface area contributed by atoms with Gasteiger partial charge in [-0.15, -0.1) is 0 Å². The second-order valence-electron chi connectivity index (χ2n) is 8.38. The van der Waals surface area contributed by atoms with Crippen LogP contribution in [0.25, 0.3) is 27.5 Å². The first-order chi connectivity index (χ1) is 16.9. The van der Waals surface area contributed by atoms with Crippen LogP contribution >= 0.6 is 15.9 Å². The van der Waals surface area contributed by atoms with Gasteiger partial charge < -0.3 is 9.13 Å². The summed E-state index contributed by atoms with van der Waals surface area (Å²) in [6.07, 6.45) is 1.66. The zero-order chi connectivity index (χ0) is 24.5. The zero-order valence-corrected chi connectivity index (χ0v) is 20.9. The largest absolute Gasteiger partial charge is 0.331 e. The van der Waals surface area contributed by atoms with Gasteiger partial charge in [0.2, 0.25) is 0 Å². The molecule has 5 rings (SSSR count). The SMILES string of the molecule is Cc1cc(/C=N\NC(=O)Cn2c3ccccc3c(=O)c3ccccc32)c(C)n1-c1cccc(Br)c1. The molecule has 7 heteroatoms. The Bertz CT molecular complexity index is 1620. The molecule has 0 saturated heterocycles. The number of para-hydroxylation sites is 2. The first-order valence-electron chi connectivity index (χ1n) is 11.2. The lowest BCUT2D eigenvalue weighted by Crippen LogP contribution is -2.25. The number of halogens is 1. The molecule has 0 unspecified atom stereocenters. The topological polar surface area (TPSA) is 68.4 Å². The number of fused-ring (bicyclic) bond motifs is 2. The fraction of sp³-hybridized carbons (Fsp3) is 0.107. The van der Waals surface area contributed by atoms with Crippen LogP contribution in [0.15, 0.2) is 93.2 Å². The van der Waals surface area contributed by atoms with Crippen molar-refractivity contribution in [1.82, 2.24) is 14.6 Å². The number of hydrogen-bond acceptors (Lipinski definition) is 3. The van der Waals surface area contributed by atoms with Crippen molar-refractivity contribution in [2.45, 2.75) is 20.4 Å². The van der Waals surface area contributed by atoms with Gasteiger partial charge in [-0.1, -0.05) is 46.3 Å². The molecule has 0 bridgehead atoms. The molecule has 2 aromatic heterocycles. The van der Waals surface area contributed by atoms with E-state index in [4.69, 9.17) is 0 Å². The van der Waals surface area contributed by atoms with E-state index >= 15 is 0 Å². The third-order valence-corrected chi connectivity index (χ3v) is 6.60. The van der Waals surface area contributed by atoms with Gasteiger partial charge in [-0.25, -0.2) is 5.43 Å². The molecular weight excluding hydrogens is 504 g/mol. The van der Waals surface area contributed by atoms with Crippen LogP contribution in [0.4, 0.5) is 0 Å². The van der Waals surface area contributed by atoms with Crippen molar-refractivity contribution in [1.29, 1.82) is 0 Å². The van der Waals surface area contributed by atoms with E-state index in [0.29, 0.717) is 21.8 Å². The van der Waals surface area contributed by atoms with Crippen LogP contribution in [0.5, 0.6) is 0 Å². The second-order valence-corrected chi connectivity index (χ2v) is 9.30. The maximum Gasteiger partial charge on any atom is 0.260 e. The monoisotopic (exact) mass is 526 g/mol. The molecule has 0 aliphatic carbocycles. The molecule has 0 radical (unpaired) electrons. The molecular formula is C28H23BrN4O2. The van der Waals surface area contributed by atoms with Crippen LogP contribution in [-0.4, -0.2) is 21.3 Å². The molecule has 0 atom stereocenters. The van der Waals surface area contributed by atoms with Crippen LogP contribution in [0.3, 0.4) is 0 Å². The predicted molar refractivity (Wildman–Crippen MR) is 144 cm³/mol. The van der Waals surface area contributed by atoms with E-state index in [1.54, 1.807) is 18.3 Å². The van der Waals surface area contributed by atoms with Crippen LogP contribution in [0, 0.1) is 13.8 Å². The normalized spacial score (nSPS) is 11.5. The van der Waals surface area contributed by atoms with Crippen LogP contribution in [0.1, 0.15) is 17.0 Å². The van der Waals surface area contributed by atoms with Crippen LogP contribution in [-0.2, 0) is 11.3 Å². The third-order valence-electron chi connectivity index (χ3n) is 6.11. The third kappa shape index (κ3) is 4.31. The van der Waals surface area contributed by atoms with Crippen molar-refractivity contribution in [2.75, 3.05) is 0 Å². The molecule has 0 aliphatic rings. The van der Waals surface area contributed by atoms with Crippen molar-refractivity contribution in [3.05, 3.63) is 111 Å². The van der Waals surface area contributed by atoms with E-state index in [-0.39, 0.29) is 17.9 Å². The minimum absolute atomic E-state index is 0.0355. The fourth-order valence-electron chi connectivity index (χ4n) is 4.53. The maximum atomic E-state index is 12.9. The Labute approximate surface area is 210 Å². The van der Waals surface area contributed by atoms with Crippen LogP contribution in [0.2, 0.25) is 0 Å². The number of nitrogens with zero attached hydrogens (tertiary/aromatic N) is 3. The van der Waals surface area contributed by atoms with Crippen molar-refractivity contribution in [3.63, 3.8) is 0 Å². The minimum atomic E-state index is -0.277. The van der Waals surface area contributed by atoms with Crippen molar-refractivity contribution < 1.29 is 4.79 Å². The molecule has 174 valence electrons. The van der Waals surface area contributed by atoms with Gasteiger partial charge in [-0.2, -0.15) is 5.10 Å². The minimum Gasteiger partial charge on any atom is -0.331 e. The summed E-state index contributed by atoms with van der Waals surface area (Å²) in [5, 5.41) is 5.39. The average Bonchev–Trinajstić information content (AvgIpc) is 3.14. The van der Waals surface area contributed by atoms with E-state index in [1.165, 1.54) is 0 Å². The van der Waals surface area contributed by atoms with E-state index in [0.717, 1.165) is 27.1 Å². The number of amides is 1.